The van der Waals surface area contributed by atoms with Crippen molar-refractivity contribution in [3.63, 3.8) is 0 Å². The van der Waals surface area contributed by atoms with Crippen LogP contribution in [0.4, 0.5) is 0 Å². The summed E-state index contributed by atoms with van der Waals surface area (Å²) in [4.78, 5) is 18.6. The Balaban J connectivity index is 1.95. The molecule has 1 fully saturated rings. The minimum Gasteiger partial charge on any atom is -0.383 e. The van der Waals surface area contributed by atoms with Crippen LogP contribution in [0.15, 0.2) is 5.16 Å². The normalized spacial score (nSPS) is 15.5. The van der Waals surface area contributed by atoms with E-state index >= 15 is 0 Å². The molecule has 0 spiro atoms. The van der Waals surface area contributed by atoms with Crippen molar-refractivity contribution in [1.29, 1.82) is 0 Å². The van der Waals surface area contributed by atoms with Gasteiger partial charge in [0.25, 0.3) is 0 Å². The molecule has 0 aliphatic carbocycles. The van der Waals surface area contributed by atoms with E-state index in [-0.39, 0.29) is 5.91 Å². The molecule has 0 radical (unpaired) electrons. The molecule has 1 aromatic rings. The Morgan fingerprint density at radius 3 is 2.76 bits per heavy atom. The minimum absolute atomic E-state index is 0.153. The van der Waals surface area contributed by atoms with Crippen molar-refractivity contribution in [2.24, 2.45) is 0 Å². The van der Waals surface area contributed by atoms with E-state index in [0.29, 0.717) is 38.7 Å². The molecular formula is C14H23N3O3S. The number of rotatable bonds is 6. The van der Waals surface area contributed by atoms with Crippen LogP contribution in [0.3, 0.4) is 0 Å². The summed E-state index contributed by atoms with van der Waals surface area (Å²) in [5, 5.41) is 0.892. The third kappa shape index (κ3) is 4.21. The van der Waals surface area contributed by atoms with Crippen LogP contribution in [-0.4, -0.2) is 66.1 Å². The van der Waals surface area contributed by atoms with E-state index in [1.54, 1.807) is 7.11 Å². The van der Waals surface area contributed by atoms with Crippen LogP contribution in [0.2, 0.25) is 0 Å². The summed E-state index contributed by atoms with van der Waals surface area (Å²) in [7, 11) is 1.69. The fourth-order valence-electron chi connectivity index (χ4n) is 2.21. The van der Waals surface area contributed by atoms with Gasteiger partial charge in [0, 0.05) is 32.4 Å². The minimum atomic E-state index is 0.153. The molecule has 1 saturated heterocycles. The fourth-order valence-corrected chi connectivity index (χ4v) is 3.23. The molecule has 0 aromatic carbocycles. The molecule has 1 amide bonds. The first-order chi connectivity index (χ1) is 10.1. The highest BCUT2D eigenvalue weighted by Gasteiger charge is 2.19. The van der Waals surface area contributed by atoms with E-state index in [9.17, 15) is 4.79 Å². The first kappa shape index (κ1) is 16.3. The van der Waals surface area contributed by atoms with Crippen LogP contribution < -0.4 is 0 Å². The first-order valence-electron chi connectivity index (χ1n) is 7.14. The Morgan fingerprint density at radius 1 is 1.38 bits per heavy atom. The maximum atomic E-state index is 12.2. The van der Waals surface area contributed by atoms with E-state index in [0.717, 1.165) is 23.1 Å². The number of carbonyl (C=O) groups excluding carboxylic acids is 1. The Morgan fingerprint density at radius 2 is 2.10 bits per heavy atom. The molecule has 2 heterocycles. The van der Waals surface area contributed by atoms with Gasteiger partial charge in [0.2, 0.25) is 5.91 Å². The number of nitrogens with zero attached hydrogens (tertiary/aromatic N) is 3. The van der Waals surface area contributed by atoms with Gasteiger partial charge >= 0.3 is 0 Å². The molecule has 1 aliphatic heterocycles. The van der Waals surface area contributed by atoms with E-state index in [2.05, 4.69) is 9.55 Å². The number of hydrogen-bond donors (Lipinski definition) is 0. The Hall–Kier alpha value is -1.05. The summed E-state index contributed by atoms with van der Waals surface area (Å²) in [6.45, 7) is 8.09. The van der Waals surface area contributed by atoms with Gasteiger partial charge in [-0.2, -0.15) is 0 Å². The molecule has 0 saturated carbocycles. The summed E-state index contributed by atoms with van der Waals surface area (Å²) >= 11 is 1.50. The molecule has 6 nitrogen and oxygen atoms in total. The van der Waals surface area contributed by atoms with Crippen molar-refractivity contribution >= 4 is 17.7 Å². The van der Waals surface area contributed by atoms with Crippen molar-refractivity contribution in [2.45, 2.75) is 25.5 Å². The number of amides is 1. The maximum Gasteiger partial charge on any atom is 0.233 e. The lowest BCUT2D eigenvalue weighted by atomic mass is 10.4. The number of imidazole rings is 1. The second-order valence-electron chi connectivity index (χ2n) is 4.99. The van der Waals surface area contributed by atoms with Gasteiger partial charge in [-0.05, 0) is 13.8 Å². The predicted molar refractivity (Wildman–Crippen MR) is 81.7 cm³/mol. The average molecular weight is 313 g/mol. The standard InChI is InChI=1S/C14H23N3O3S/c1-11-12(2)17(6-7-19-3)14(15-11)21-10-13(18)16-4-8-20-9-5-16/h4-10H2,1-3H3. The van der Waals surface area contributed by atoms with Crippen LogP contribution in [0.1, 0.15) is 11.4 Å². The van der Waals surface area contributed by atoms with E-state index < -0.39 is 0 Å². The number of morpholine rings is 1. The van der Waals surface area contributed by atoms with E-state index in [1.165, 1.54) is 11.8 Å². The number of ether oxygens (including phenoxy) is 2. The topological polar surface area (TPSA) is 56.6 Å². The second kappa shape index (κ2) is 7.82. The highest BCUT2D eigenvalue weighted by Crippen LogP contribution is 2.21. The van der Waals surface area contributed by atoms with Gasteiger partial charge in [0.05, 0.1) is 31.3 Å². The molecule has 21 heavy (non-hydrogen) atoms. The van der Waals surface area contributed by atoms with E-state index in [4.69, 9.17) is 9.47 Å². The highest BCUT2D eigenvalue weighted by molar-refractivity contribution is 7.99. The van der Waals surface area contributed by atoms with Crippen LogP contribution >= 0.6 is 11.8 Å². The molecule has 1 aromatic heterocycles. The van der Waals surface area contributed by atoms with Crippen molar-refractivity contribution < 1.29 is 14.3 Å². The second-order valence-corrected chi connectivity index (χ2v) is 5.93. The first-order valence-corrected chi connectivity index (χ1v) is 8.13. The number of carbonyl (C=O) groups is 1. The zero-order valence-electron chi connectivity index (χ0n) is 12.9. The number of aromatic nitrogens is 2. The Bertz CT molecular complexity index is 484. The molecule has 118 valence electrons. The van der Waals surface area contributed by atoms with Crippen LogP contribution in [0, 0.1) is 13.8 Å². The smallest absolute Gasteiger partial charge is 0.233 e. The van der Waals surface area contributed by atoms with Gasteiger partial charge in [-0.15, -0.1) is 0 Å². The van der Waals surface area contributed by atoms with Crippen LogP contribution in [0.5, 0.6) is 0 Å². The lowest BCUT2D eigenvalue weighted by molar-refractivity contribution is -0.132. The highest BCUT2D eigenvalue weighted by atomic mass is 32.2. The largest absolute Gasteiger partial charge is 0.383 e. The SMILES string of the molecule is COCCn1c(SCC(=O)N2CCOCC2)nc(C)c1C. The monoisotopic (exact) mass is 313 g/mol. The summed E-state index contributed by atoms with van der Waals surface area (Å²) in [5.74, 6) is 0.572. The van der Waals surface area contributed by atoms with E-state index in [1.807, 2.05) is 18.7 Å². The van der Waals surface area contributed by atoms with Gasteiger partial charge in [-0.3, -0.25) is 4.79 Å². The van der Waals surface area contributed by atoms with Crippen molar-refractivity contribution in [1.82, 2.24) is 14.5 Å². The third-order valence-corrected chi connectivity index (χ3v) is 4.59. The zero-order valence-corrected chi connectivity index (χ0v) is 13.7. The summed E-state index contributed by atoms with van der Waals surface area (Å²) in [6, 6.07) is 0. The van der Waals surface area contributed by atoms with Gasteiger partial charge in [-0.1, -0.05) is 11.8 Å². The van der Waals surface area contributed by atoms with Crippen molar-refractivity contribution in [2.75, 3.05) is 45.8 Å². The predicted octanol–water partition coefficient (Wildman–Crippen LogP) is 1.10. The average Bonchev–Trinajstić information content (AvgIpc) is 2.78. The molecule has 1 aliphatic rings. The molecule has 0 bridgehead atoms. The molecule has 2 rings (SSSR count). The zero-order chi connectivity index (χ0) is 15.2. The number of aryl methyl sites for hydroxylation is 1. The molecule has 0 atom stereocenters. The van der Waals surface area contributed by atoms with Gasteiger partial charge in [0.1, 0.15) is 0 Å². The maximum absolute atomic E-state index is 12.2. The molecule has 0 N–H and O–H groups in total. The fraction of sp³-hybridized carbons (Fsp3) is 0.714. The van der Waals surface area contributed by atoms with Crippen molar-refractivity contribution in [3.05, 3.63) is 11.4 Å². The van der Waals surface area contributed by atoms with Gasteiger partial charge in [0.15, 0.2) is 5.16 Å². The van der Waals surface area contributed by atoms with Gasteiger partial charge in [-0.25, -0.2) is 4.98 Å². The van der Waals surface area contributed by atoms with Gasteiger partial charge < -0.3 is 18.9 Å². The Kier molecular flexibility index (Phi) is 6.08. The quantitative estimate of drug-likeness (QED) is 0.736. The number of hydrogen-bond acceptors (Lipinski definition) is 5. The third-order valence-electron chi connectivity index (χ3n) is 3.63. The lowest BCUT2D eigenvalue weighted by Gasteiger charge is -2.26. The molecule has 7 heteroatoms. The number of methoxy groups -OCH3 is 1. The molecule has 0 unspecified atom stereocenters. The summed E-state index contributed by atoms with van der Waals surface area (Å²) in [5.41, 5.74) is 2.14. The Labute approximate surface area is 129 Å². The summed E-state index contributed by atoms with van der Waals surface area (Å²) in [6.07, 6.45) is 0. The molecular weight excluding hydrogens is 290 g/mol. The summed E-state index contributed by atoms with van der Waals surface area (Å²) < 4.78 is 12.5. The lowest BCUT2D eigenvalue weighted by Crippen LogP contribution is -2.41. The van der Waals surface area contributed by atoms with Crippen molar-refractivity contribution in [3.8, 4) is 0 Å². The van der Waals surface area contributed by atoms with Crippen LogP contribution in [-0.2, 0) is 20.8 Å². The van der Waals surface area contributed by atoms with Crippen LogP contribution in [0.25, 0.3) is 0 Å². The number of thioether (sulfide) groups is 1.